The van der Waals surface area contributed by atoms with Gasteiger partial charge in [-0.05, 0) is 43.8 Å². The van der Waals surface area contributed by atoms with Crippen molar-refractivity contribution in [3.05, 3.63) is 59.4 Å². The van der Waals surface area contributed by atoms with Crippen LogP contribution in [0.3, 0.4) is 0 Å². The monoisotopic (exact) mass is 286 g/mol. The van der Waals surface area contributed by atoms with Gasteiger partial charge in [-0.2, -0.15) is 0 Å². The van der Waals surface area contributed by atoms with E-state index in [9.17, 15) is 5.11 Å². The molecule has 1 heterocycles. The summed E-state index contributed by atoms with van der Waals surface area (Å²) in [5, 5.41) is 10.3. The Labute approximate surface area is 126 Å². The molecule has 0 saturated heterocycles. The summed E-state index contributed by atoms with van der Waals surface area (Å²) in [6.45, 7) is 3.24. The van der Waals surface area contributed by atoms with Gasteiger partial charge in [-0.1, -0.05) is 18.2 Å². The number of likely N-dealkylation sites (N-methyl/N-ethyl adjacent to an activating group) is 1. The first-order valence-electron chi connectivity index (χ1n) is 7.01. The molecule has 21 heavy (non-hydrogen) atoms. The van der Waals surface area contributed by atoms with Gasteiger partial charge in [0.25, 0.3) is 0 Å². The van der Waals surface area contributed by atoms with Crippen LogP contribution in [0.2, 0.25) is 0 Å². The van der Waals surface area contributed by atoms with Gasteiger partial charge < -0.3 is 9.84 Å². The molecule has 0 spiro atoms. The van der Waals surface area contributed by atoms with E-state index in [-0.39, 0.29) is 0 Å². The van der Waals surface area contributed by atoms with E-state index in [1.54, 1.807) is 7.11 Å². The molecule has 4 nitrogen and oxygen atoms in total. The van der Waals surface area contributed by atoms with Gasteiger partial charge in [0.2, 0.25) is 0 Å². The second-order valence-corrected chi connectivity index (χ2v) is 5.26. The normalized spacial score (nSPS) is 12.4. The molecule has 0 fully saturated rings. The van der Waals surface area contributed by atoms with Crippen molar-refractivity contribution in [1.29, 1.82) is 0 Å². The maximum Gasteiger partial charge on any atom is 0.119 e. The molecule has 0 aliphatic rings. The summed E-state index contributed by atoms with van der Waals surface area (Å²) < 4.78 is 5.18. The number of nitrogens with zero attached hydrogens (tertiary/aromatic N) is 2. The maximum absolute atomic E-state index is 10.3. The van der Waals surface area contributed by atoms with Crippen molar-refractivity contribution >= 4 is 0 Å². The second kappa shape index (κ2) is 7.20. The lowest BCUT2D eigenvalue weighted by Gasteiger charge is -2.21. The topological polar surface area (TPSA) is 45.6 Å². The number of benzene rings is 1. The minimum atomic E-state index is -0.546. The molecule has 112 valence electrons. The Kier molecular flexibility index (Phi) is 5.31. The van der Waals surface area contributed by atoms with E-state index in [1.807, 2.05) is 56.4 Å². The number of aliphatic hydroxyl groups excluding tert-OH is 1. The number of hydrogen-bond acceptors (Lipinski definition) is 4. The number of ether oxygens (including phenoxy) is 1. The average molecular weight is 286 g/mol. The first-order chi connectivity index (χ1) is 10.1. The van der Waals surface area contributed by atoms with E-state index in [1.165, 1.54) is 0 Å². The van der Waals surface area contributed by atoms with E-state index in [4.69, 9.17) is 4.74 Å². The highest BCUT2D eigenvalue weighted by molar-refractivity contribution is 5.29. The lowest BCUT2D eigenvalue weighted by atomic mass is 10.1. The van der Waals surface area contributed by atoms with Crippen LogP contribution in [0.25, 0.3) is 0 Å². The summed E-state index contributed by atoms with van der Waals surface area (Å²) >= 11 is 0. The molecular weight excluding hydrogens is 264 g/mol. The van der Waals surface area contributed by atoms with Gasteiger partial charge in [-0.3, -0.25) is 9.88 Å². The van der Waals surface area contributed by atoms with Crippen LogP contribution >= 0.6 is 0 Å². The smallest absolute Gasteiger partial charge is 0.119 e. The van der Waals surface area contributed by atoms with Gasteiger partial charge in [-0.15, -0.1) is 0 Å². The molecule has 0 aliphatic heterocycles. The number of methoxy groups -OCH3 is 1. The summed E-state index contributed by atoms with van der Waals surface area (Å²) in [4.78, 5) is 6.54. The summed E-state index contributed by atoms with van der Waals surface area (Å²) in [5.41, 5.74) is 2.88. The lowest BCUT2D eigenvalue weighted by Crippen LogP contribution is -2.24. The van der Waals surface area contributed by atoms with Crippen molar-refractivity contribution in [2.45, 2.75) is 19.6 Å². The van der Waals surface area contributed by atoms with E-state index in [0.29, 0.717) is 13.1 Å². The SMILES string of the molecule is COc1cccc(C(O)CN(C)Cc2cccc(C)n2)c1. The number of rotatable bonds is 6. The Hall–Kier alpha value is -1.91. The van der Waals surface area contributed by atoms with Crippen LogP contribution in [0, 0.1) is 6.92 Å². The minimum Gasteiger partial charge on any atom is -0.497 e. The number of aromatic nitrogens is 1. The molecular formula is C17H22N2O2. The molecule has 1 aromatic carbocycles. The van der Waals surface area contributed by atoms with Crippen molar-refractivity contribution in [3.63, 3.8) is 0 Å². The second-order valence-electron chi connectivity index (χ2n) is 5.26. The van der Waals surface area contributed by atoms with Crippen LogP contribution in [-0.4, -0.2) is 35.7 Å². The summed E-state index contributed by atoms with van der Waals surface area (Å²) in [6.07, 6.45) is -0.546. The molecule has 2 rings (SSSR count). The fourth-order valence-electron chi connectivity index (χ4n) is 2.28. The van der Waals surface area contributed by atoms with Crippen LogP contribution in [0.1, 0.15) is 23.1 Å². The number of aryl methyl sites for hydroxylation is 1. The number of aliphatic hydroxyl groups is 1. The molecule has 1 aromatic heterocycles. The van der Waals surface area contributed by atoms with Crippen molar-refractivity contribution in [1.82, 2.24) is 9.88 Å². The molecule has 1 atom stereocenters. The van der Waals surface area contributed by atoms with E-state index in [2.05, 4.69) is 9.88 Å². The molecule has 0 amide bonds. The van der Waals surface area contributed by atoms with Crippen LogP contribution in [0.15, 0.2) is 42.5 Å². The Morgan fingerprint density at radius 3 is 2.71 bits per heavy atom. The third-order valence-corrected chi connectivity index (χ3v) is 3.34. The first kappa shape index (κ1) is 15.5. The maximum atomic E-state index is 10.3. The zero-order valence-corrected chi connectivity index (χ0v) is 12.8. The minimum absolute atomic E-state index is 0.544. The first-order valence-corrected chi connectivity index (χ1v) is 7.01. The van der Waals surface area contributed by atoms with Gasteiger partial charge in [-0.25, -0.2) is 0 Å². The van der Waals surface area contributed by atoms with Crippen molar-refractivity contribution < 1.29 is 9.84 Å². The summed E-state index contributed by atoms with van der Waals surface area (Å²) in [7, 11) is 3.61. The van der Waals surface area contributed by atoms with Gasteiger partial charge in [0, 0.05) is 18.8 Å². The lowest BCUT2D eigenvalue weighted by molar-refractivity contribution is 0.123. The molecule has 1 N–H and O–H groups in total. The largest absolute Gasteiger partial charge is 0.497 e. The van der Waals surface area contributed by atoms with Crippen LogP contribution in [0.4, 0.5) is 0 Å². The van der Waals surface area contributed by atoms with Crippen LogP contribution in [-0.2, 0) is 6.54 Å². The molecule has 4 heteroatoms. The summed E-state index contributed by atoms with van der Waals surface area (Å²) in [6, 6.07) is 13.5. The van der Waals surface area contributed by atoms with E-state index < -0.39 is 6.10 Å². The predicted molar refractivity (Wildman–Crippen MR) is 83.3 cm³/mol. The van der Waals surface area contributed by atoms with Crippen molar-refractivity contribution in [2.75, 3.05) is 20.7 Å². The Morgan fingerprint density at radius 1 is 1.24 bits per heavy atom. The fraction of sp³-hybridized carbons (Fsp3) is 0.353. The molecule has 0 radical (unpaired) electrons. The summed E-state index contributed by atoms with van der Waals surface area (Å²) in [5.74, 6) is 0.759. The highest BCUT2D eigenvalue weighted by atomic mass is 16.5. The Morgan fingerprint density at radius 2 is 2.00 bits per heavy atom. The quantitative estimate of drug-likeness (QED) is 0.886. The van der Waals surface area contributed by atoms with E-state index >= 15 is 0 Å². The zero-order chi connectivity index (χ0) is 15.2. The van der Waals surface area contributed by atoms with Gasteiger partial charge in [0.1, 0.15) is 5.75 Å². The number of pyridine rings is 1. The average Bonchev–Trinajstić information content (AvgIpc) is 2.47. The molecule has 1 unspecified atom stereocenters. The van der Waals surface area contributed by atoms with Crippen molar-refractivity contribution in [3.8, 4) is 5.75 Å². The molecule has 0 saturated carbocycles. The standard InChI is InChI=1S/C17H22N2O2/c1-13-6-4-8-15(18-13)11-19(2)12-17(20)14-7-5-9-16(10-14)21-3/h4-10,17,20H,11-12H2,1-3H3. The highest BCUT2D eigenvalue weighted by Crippen LogP contribution is 2.20. The van der Waals surface area contributed by atoms with Crippen LogP contribution in [0.5, 0.6) is 5.75 Å². The Bertz CT molecular complexity index is 587. The van der Waals surface area contributed by atoms with E-state index in [0.717, 1.165) is 22.7 Å². The predicted octanol–water partition coefficient (Wildman–Crippen LogP) is 2.56. The zero-order valence-electron chi connectivity index (χ0n) is 12.8. The van der Waals surface area contributed by atoms with Gasteiger partial charge >= 0.3 is 0 Å². The third-order valence-electron chi connectivity index (χ3n) is 3.34. The molecule has 2 aromatic rings. The molecule has 0 bridgehead atoms. The van der Waals surface area contributed by atoms with Crippen molar-refractivity contribution in [2.24, 2.45) is 0 Å². The van der Waals surface area contributed by atoms with Crippen LogP contribution < -0.4 is 4.74 Å². The highest BCUT2D eigenvalue weighted by Gasteiger charge is 2.12. The molecule has 0 aliphatic carbocycles. The fourth-order valence-corrected chi connectivity index (χ4v) is 2.28. The van der Waals surface area contributed by atoms with Gasteiger partial charge in [0.15, 0.2) is 0 Å². The Balaban J connectivity index is 1.96. The van der Waals surface area contributed by atoms with Gasteiger partial charge in [0.05, 0.1) is 18.9 Å². The number of hydrogen-bond donors (Lipinski definition) is 1. The third kappa shape index (κ3) is 4.55.